The van der Waals surface area contributed by atoms with Gasteiger partial charge in [0.25, 0.3) is 0 Å². The van der Waals surface area contributed by atoms with E-state index in [0.717, 1.165) is 0 Å². The van der Waals surface area contributed by atoms with E-state index in [2.05, 4.69) is 15.2 Å². The molecule has 2 rings (SSSR count). The molecule has 0 aliphatic heterocycles. The average Bonchev–Trinajstić information content (AvgIpc) is 2.63. The molecule has 0 aliphatic carbocycles. The molecule has 0 bridgehead atoms. The molecule has 0 amide bonds. The summed E-state index contributed by atoms with van der Waals surface area (Å²) in [5, 5.41) is 17.0. The van der Waals surface area contributed by atoms with E-state index in [1.54, 1.807) is 41.2 Å². The molecule has 5 nitrogen and oxygen atoms in total. The first kappa shape index (κ1) is 9.39. The molecular weight excluding hydrogens is 192 g/mol. The molecule has 1 heterocycles. The SMILES string of the molecule is Cn1ccnc1N=Nc1ccc(O)cc1. The summed E-state index contributed by atoms with van der Waals surface area (Å²) in [6, 6.07) is 6.49. The highest BCUT2D eigenvalue weighted by atomic mass is 16.3. The minimum atomic E-state index is 0.214. The van der Waals surface area contributed by atoms with Crippen molar-refractivity contribution in [2.45, 2.75) is 0 Å². The first-order valence-electron chi connectivity index (χ1n) is 4.44. The van der Waals surface area contributed by atoms with Crippen LogP contribution in [-0.2, 0) is 7.05 Å². The van der Waals surface area contributed by atoms with E-state index in [0.29, 0.717) is 11.6 Å². The van der Waals surface area contributed by atoms with Crippen molar-refractivity contribution in [1.29, 1.82) is 0 Å². The van der Waals surface area contributed by atoms with Crippen molar-refractivity contribution in [1.82, 2.24) is 9.55 Å². The number of imidazole rings is 1. The molecule has 0 saturated heterocycles. The van der Waals surface area contributed by atoms with Gasteiger partial charge in [-0.25, -0.2) is 4.98 Å². The van der Waals surface area contributed by atoms with Gasteiger partial charge in [-0.15, -0.1) is 10.2 Å². The molecule has 5 heteroatoms. The largest absolute Gasteiger partial charge is 0.508 e. The number of benzene rings is 1. The Morgan fingerprint density at radius 3 is 2.53 bits per heavy atom. The molecule has 0 fully saturated rings. The molecule has 0 saturated carbocycles. The Morgan fingerprint density at radius 2 is 1.93 bits per heavy atom. The Balaban J connectivity index is 2.19. The van der Waals surface area contributed by atoms with Crippen LogP contribution in [-0.4, -0.2) is 14.7 Å². The van der Waals surface area contributed by atoms with Crippen LogP contribution < -0.4 is 0 Å². The summed E-state index contributed by atoms with van der Waals surface area (Å²) in [7, 11) is 1.85. The summed E-state index contributed by atoms with van der Waals surface area (Å²) >= 11 is 0. The Morgan fingerprint density at radius 1 is 1.20 bits per heavy atom. The van der Waals surface area contributed by atoms with Crippen LogP contribution in [0.2, 0.25) is 0 Å². The second-order valence-electron chi connectivity index (χ2n) is 3.05. The van der Waals surface area contributed by atoms with Crippen molar-refractivity contribution in [2.75, 3.05) is 0 Å². The molecule has 0 radical (unpaired) electrons. The van der Waals surface area contributed by atoms with E-state index < -0.39 is 0 Å². The molecule has 0 aliphatic rings. The third-order valence-corrected chi connectivity index (χ3v) is 1.90. The minimum absolute atomic E-state index is 0.214. The van der Waals surface area contributed by atoms with Gasteiger partial charge in [0.2, 0.25) is 5.95 Å². The number of azo groups is 1. The van der Waals surface area contributed by atoms with Gasteiger partial charge in [0, 0.05) is 19.4 Å². The van der Waals surface area contributed by atoms with Crippen molar-refractivity contribution in [3.05, 3.63) is 36.7 Å². The number of rotatable bonds is 2. The highest BCUT2D eigenvalue weighted by Gasteiger charge is 1.95. The summed E-state index contributed by atoms with van der Waals surface area (Å²) in [5.41, 5.74) is 0.677. The maximum atomic E-state index is 9.06. The van der Waals surface area contributed by atoms with Crippen LogP contribution >= 0.6 is 0 Å². The van der Waals surface area contributed by atoms with E-state index in [-0.39, 0.29) is 5.75 Å². The summed E-state index contributed by atoms with van der Waals surface area (Å²) in [6.07, 6.45) is 3.45. The zero-order chi connectivity index (χ0) is 10.7. The van der Waals surface area contributed by atoms with Gasteiger partial charge in [-0.1, -0.05) is 0 Å². The van der Waals surface area contributed by atoms with Crippen molar-refractivity contribution < 1.29 is 5.11 Å². The van der Waals surface area contributed by atoms with Gasteiger partial charge in [0.1, 0.15) is 5.75 Å². The number of aromatic nitrogens is 2. The van der Waals surface area contributed by atoms with Gasteiger partial charge in [0.05, 0.1) is 5.69 Å². The topological polar surface area (TPSA) is 62.8 Å². The summed E-state index contributed by atoms with van der Waals surface area (Å²) < 4.78 is 1.77. The lowest BCUT2D eigenvalue weighted by Gasteiger charge is -1.93. The molecule has 1 aromatic heterocycles. The van der Waals surface area contributed by atoms with E-state index in [1.165, 1.54) is 0 Å². The van der Waals surface area contributed by atoms with Crippen LogP contribution in [0.15, 0.2) is 46.9 Å². The molecule has 1 N–H and O–H groups in total. The van der Waals surface area contributed by atoms with Crippen LogP contribution in [0.5, 0.6) is 5.75 Å². The lowest BCUT2D eigenvalue weighted by molar-refractivity contribution is 0.475. The van der Waals surface area contributed by atoms with Crippen molar-refractivity contribution in [3.8, 4) is 5.75 Å². The molecule has 76 valence electrons. The fourth-order valence-corrected chi connectivity index (χ4v) is 1.08. The average molecular weight is 202 g/mol. The van der Waals surface area contributed by atoms with Gasteiger partial charge >= 0.3 is 0 Å². The quantitative estimate of drug-likeness (QED) is 0.760. The Kier molecular flexibility index (Phi) is 2.45. The van der Waals surface area contributed by atoms with Crippen LogP contribution in [0.1, 0.15) is 0 Å². The molecule has 15 heavy (non-hydrogen) atoms. The number of aromatic hydroxyl groups is 1. The zero-order valence-corrected chi connectivity index (χ0v) is 8.20. The fraction of sp³-hybridized carbons (Fsp3) is 0.100. The van der Waals surface area contributed by atoms with E-state index in [9.17, 15) is 0 Å². The molecular formula is C10H10N4O. The van der Waals surface area contributed by atoms with Gasteiger partial charge in [-0.05, 0) is 24.3 Å². The number of hydrogen-bond donors (Lipinski definition) is 1. The predicted molar refractivity (Wildman–Crippen MR) is 55.5 cm³/mol. The molecule has 0 spiro atoms. The van der Waals surface area contributed by atoms with Gasteiger partial charge in [-0.3, -0.25) is 0 Å². The maximum Gasteiger partial charge on any atom is 0.249 e. The second kappa shape index (κ2) is 3.91. The third-order valence-electron chi connectivity index (χ3n) is 1.90. The lowest BCUT2D eigenvalue weighted by Crippen LogP contribution is -1.81. The summed E-state index contributed by atoms with van der Waals surface area (Å²) in [6.45, 7) is 0. The van der Waals surface area contributed by atoms with E-state index in [1.807, 2.05) is 7.05 Å². The third kappa shape index (κ3) is 2.19. The standard InChI is InChI=1S/C10H10N4O/c1-14-7-6-11-10(14)13-12-8-2-4-9(15)5-3-8/h2-7,15H,1H3. The minimum Gasteiger partial charge on any atom is -0.508 e. The summed E-state index contributed by atoms with van der Waals surface area (Å²) in [5.74, 6) is 0.758. The van der Waals surface area contributed by atoms with Crippen molar-refractivity contribution in [3.63, 3.8) is 0 Å². The summed E-state index contributed by atoms with van der Waals surface area (Å²) in [4.78, 5) is 4.00. The molecule has 0 atom stereocenters. The second-order valence-corrected chi connectivity index (χ2v) is 3.05. The highest BCUT2D eigenvalue weighted by Crippen LogP contribution is 2.18. The molecule has 2 aromatic rings. The van der Waals surface area contributed by atoms with Gasteiger partial charge in [0.15, 0.2) is 0 Å². The van der Waals surface area contributed by atoms with Crippen LogP contribution in [0.3, 0.4) is 0 Å². The number of aryl methyl sites for hydroxylation is 1. The number of phenols is 1. The molecule has 0 unspecified atom stereocenters. The maximum absolute atomic E-state index is 9.06. The van der Waals surface area contributed by atoms with Gasteiger partial charge in [-0.2, -0.15) is 0 Å². The first-order chi connectivity index (χ1) is 7.25. The highest BCUT2D eigenvalue weighted by molar-refractivity contribution is 5.40. The van der Waals surface area contributed by atoms with Crippen LogP contribution in [0.25, 0.3) is 0 Å². The van der Waals surface area contributed by atoms with Crippen LogP contribution in [0.4, 0.5) is 11.6 Å². The van der Waals surface area contributed by atoms with Crippen LogP contribution in [0, 0.1) is 0 Å². The smallest absolute Gasteiger partial charge is 0.249 e. The lowest BCUT2D eigenvalue weighted by atomic mass is 10.3. The van der Waals surface area contributed by atoms with Crippen molar-refractivity contribution >= 4 is 11.6 Å². The predicted octanol–water partition coefficient (Wildman–Crippen LogP) is 2.54. The number of nitrogens with zero attached hydrogens (tertiary/aromatic N) is 4. The Hall–Kier alpha value is -2.17. The Labute approximate surface area is 86.7 Å². The van der Waals surface area contributed by atoms with Gasteiger partial charge < -0.3 is 9.67 Å². The normalized spacial score (nSPS) is 11.0. The van der Waals surface area contributed by atoms with E-state index in [4.69, 9.17) is 5.11 Å². The fourth-order valence-electron chi connectivity index (χ4n) is 1.08. The number of hydrogen-bond acceptors (Lipinski definition) is 4. The Bertz CT molecular complexity index is 472. The van der Waals surface area contributed by atoms with Crippen molar-refractivity contribution in [2.24, 2.45) is 17.3 Å². The number of phenolic OH excluding ortho intramolecular Hbond substituents is 1. The monoisotopic (exact) mass is 202 g/mol. The molecule has 1 aromatic carbocycles. The first-order valence-corrected chi connectivity index (χ1v) is 4.44. The van der Waals surface area contributed by atoms with E-state index >= 15 is 0 Å². The zero-order valence-electron chi connectivity index (χ0n) is 8.20.